The highest BCUT2D eigenvalue weighted by atomic mass is 32.2. The molecule has 1 saturated heterocycles. The van der Waals surface area contributed by atoms with Gasteiger partial charge in [-0.25, -0.2) is 8.42 Å². The smallest absolute Gasteiger partial charge is 0.319 e. The van der Waals surface area contributed by atoms with E-state index in [-0.39, 0.29) is 31.0 Å². The Kier molecular flexibility index (Phi) is 3.18. The van der Waals surface area contributed by atoms with Crippen LogP contribution in [0.25, 0.3) is 0 Å². The number of sulfone groups is 1. The van der Waals surface area contributed by atoms with Gasteiger partial charge in [-0.2, -0.15) is 0 Å². The van der Waals surface area contributed by atoms with E-state index < -0.39 is 21.2 Å². The fraction of sp³-hybridized carbons (Fsp3) is 0.778. The van der Waals surface area contributed by atoms with Gasteiger partial charge in [-0.3, -0.25) is 9.59 Å². The number of carbonyl (C=O) groups excluding carboxylic acids is 2. The predicted molar refractivity (Wildman–Crippen MR) is 53.0 cm³/mol. The van der Waals surface area contributed by atoms with E-state index in [1.807, 2.05) is 0 Å². The number of ether oxygens (including phenoxy) is 1. The van der Waals surface area contributed by atoms with E-state index in [0.29, 0.717) is 0 Å². The lowest BCUT2D eigenvalue weighted by molar-refractivity contribution is -0.150. The molecule has 0 N–H and O–H groups in total. The van der Waals surface area contributed by atoms with E-state index in [0.717, 1.165) is 6.26 Å². The molecule has 0 aromatic rings. The Morgan fingerprint density at radius 1 is 1.53 bits per heavy atom. The average Bonchev–Trinajstić information content (AvgIpc) is 2.43. The first-order valence-corrected chi connectivity index (χ1v) is 6.70. The molecule has 86 valence electrons. The number of hydrogen-bond acceptors (Lipinski definition) is 5. The number of Topliss-reactive ketones (excluding diaryl/α,β-unsaturated/α-hetero) is 1. The summed E-state index contributed by atoms with van der Waals surface area (Å²) in [4.78, 5) is 22.8. The number of cyclic esters (lactones) is 1. The molecular weight excluding hydrogens is 220 g/mol. The molecule has 0 bridgehead atoms. The zero-order chi connectivity index (χ0) is 11.7. The molecule has 0 aromatic heterocycles. The molecule has 0 saturated carbocycles. The quantitative estimate of drug-likeness (QED) is 0.503. The van der Waals surface area contributed by atoms with Gasteiger partial charge in [0.25, 0.3) is 0 Å². The molecule has 0 aromatic carbocycles. The fourth-order valence-corrected chi connectivity index (χ4v) is 2.36. The van der Waals surface area contributed by atoms with Gasteiger partial charge in [-0.15, -0.1) is 0 Å². The summed E-state index contributed by atoms with van der Waals surface area (Å²) in [6.45, 7) is 1.50. The second-order valence-electron chi connectivity index (χ2n) is 3.90. The van der Waals surface area contributed by atoms with Gasteiger partial charge in [-0.05, 0) is 13.3 Å². The highest BCUT2D eigenvalue weighted by molar-refractivity contribution is 7.90. The van der Waals surface area contributed by atoms with Crippen LogP contribution >= 0.6 is 0 Å². The Balaban J connectivity index is 2.85. The summed E-state index contributed by atoms with van der Waals surface area (Å²) in [5, 5.41) is 0. The van der Waals surface area contributed by atoms with E-state index in [1.165, 1.54) is 6.92 Å². The van der Waals surface area contributed by atoms with Gasteiger partial charge in [-0.1, -0.05) is 0 Å². The summed E-state index contributed by atoms with van der Waals surface area (Å²) in [5.41, 5.74) is -1.22. The Morgan fingerprint density at radius 2 is 2.13 bits per heavy atom. The molecule has 15 heavy (non-hydrogen) atoms. The summed E-state index contributed by atoms with van der Waals surface area (Å²) in [5.74, 6) is -1.06. The molecule has 1 aliphatic heterocycles. The highest BCUT2D eigenvalue weighted by Crippen LogP contribution is 2.35. The maximum Gasteiger partial charge on any atom is 0.319 e. The minimum Gasteiger partial charge on any atom is -0.465 e. The molecular formula is C9H14O5S. The van der Waals surface area contributed by atoms with Gasteiger partial charge in [0, 0.05) is 12.7 Å². The summed E-state index contributed by atoms with van der Waals surface area (Å²) >= 11 is 0. The number of ketones is 1. The first kappa shape index (κ1) is 12.2. The Morgan fingerprint density at radius 3 is 2.47 bits per heavy atom. The second-order valence-corrected chi connectivity index (χ2v) is 6.16. The van der Waals surface area contributed by atoms with Crippen molar-refractivity contribution in [3.05, 3.63) is 0 Å². The maximum atomic E-state index is 11.4. The normalized spacial score (nSPS) is 26.4. The monoisotopic (exact) mass is 234 g/mol. The maximum absolute atomic E-state index is 11.4. The van der Waals surface area contributed by atoms with Crippen molar-refractivity contribution >= 4 is 21.6 Å². The van der Waals surface area contributed by atoms with Crippen molar-refractivity contribution in [3.8, 4) is 0 Å². The van der Waals surface area contributed by atoms with Crippen LogP contribution in [0.15, 0.2) is 0 Å². The lowest BCUT2D eigenvalue weighted by Crippen LogP contribution is -2.36. The van der Waals surface area contributed by atoms with Gasteiger partial charge in [0.05, 0.1) is 12.4 Å². The minimum atomic E-state index is -3.17. The highest BCUT2D eigenvalue weighted by Gasteiger charge is 2.48. The van der Waals surface area contributed by atoms with E-state index in [9.17, 15) is 18.0 Å². The van der Waals surface area contributed by atoms with Crippen molar-refractivity contribution in [3.63, 3.8) is 0 Å². The molecule has 1 unspecified atom stereocenters. The Labute approximate surface area is 88.7 Å². The standard InChI is InChI=1S/C9H14O5S/c1-7(10)9(3-5-14-8(9)11)4-6-15(2,12)13/h3-6H2,1-2H3. The molecule has 1 fully saturated rings. The van der Waals surface area contributed by atoms with Gasteiger partial charge < -0.3 is 4.74 Å². The molecule has 5 nitrogen and oxygen atoms in total. The zero-order valence-corrected chi connectivity index (χ0v) is 9.59. The zero-order valence-electron chi connectivity index (χ0n) is 8.78. The van der Waals surface area contributed by atoms with Gasteiger partial charge in [0.15, 0.2) is 0 Å². The summed E-state index contributed by atoms with van der Waals surface area (Å²) in [6.07, 6.45) is 1.40. The van der Waals surface area contributed by atoms with Crippen LogP contribution < -0.4 is 0 Å². The molecule has 0 amide bonds. The van der Waals surface area contributed by atoms with Crippen molar-refractivity contribution in [2.24, 2.45) is 5.41 Å². The average molecular weight is 234 g/mol. The third kappa shape index (κ3) is 2.56. The molecule has 1 heterocycles. The third-order valence-electron chi connectivity index (χ3n) is 2.73. The predicted octanol–water partition coefficient (Wildman–Crippen LogP) is -0.0566. The van der Waals surface area contributed by atoms with Crippen LogP contribution in [0.4, 0.5) is 0 Å². The minimum absolute atomic E-state index is 0.0278. The first-order chi connectivity index (χ1) is 6.78. The van der Waals surface area contributed by atoms with Gasteiger partial charge in [0.1, 0.15) is 21.0 Å². The SMILES string of the molecule is CC(=O)C1(CCS(C)(=O)=O)CCOC1=O. The van der Waals surface area contributed by atoms with E-state index >= 15 is 0 Å². The molecule has 0 radical (unpaired) electrons. The summed E-state index contributed by atoms with van der Waals surface area (Å²) in [6, 6.07) is 0. The van der Waals surface area contributed by atoms with E-state index in [2.05, 4.69) is 0 Å². The van der Waals surface area contributed by atoms with Crippen LogP contribution in [-0.2, 0) is 24.2 Å². The van der Waals surface area contributed by atoms with Crippen LogP contribution in [-0.4, -0.2) is 38.8 Å². The van der Waals surface area contributed by atoms with E-state index in [4.69, 9.17) is 4.74 Å². The molecule has 0 aliphatic carbocycles. The Bertz CT molecular complexity index is 383. The number of rotatable bonds is 4. The lowest BCUT2D eigenvalue weighted by Gasteiger charge is -2.20. The van der Waals surface area contributed by atoms with Crippen molar-refractivity contribution in [1.29, 1.82) is 0 Å². The van der Waals surface area contributed by atoms with Crippen LogP contribution in [0.3, 0.4) is 0 Å². The topological polar surface area (TPSA) is 77.5 Å². The second kappa shape index (κ2) is 3.92. The third-order valence-corrected chi connectivity index (χ3v) is 3.67. The van der Waals surface area contributed by atoms with Crippen LogP contribution in [0, 0.1) is 5.41 Å². The van der Waals surface area contributed by atoms with Gasteiger partial charge >= 0.3 is 5.97 Å². The van der Waals surface area contributed by atoms with E-state index in [1.54, 1.807) is 0 Å². The van der Waals surface area contributed by atoms with Crippen LogP contribution in [0.2, 0.25) is 0 Å². The van der Waals surface area contributed by atoms with Gasteiger partial charge in [0.2, 0.25) is 0 Å². The summed E-state index contributed by atoms with van der Waals surface area (Å²) < 4.78 is 26.7. The number of carbonyl (C=O) groups is 2. The molecule has 1 aliphatic rings. The summed E-state index contributed by atoms with van der Waals surface area (Å²) in [7, 11) is -3.17. The number of hydrogen-bond donors (Lipinski definition) is 0. The van der Waals surface area contributed by atoms with Crippen LogP contribution in [0.5, 0.6) is 0 Å². The molecule has 1 atom stereocenters. The van der Waals surface area contributed by atoms with Crippen molar-refractivity contribution < 1.29 is 22.7 Å². The fourth-order valence-electron chi connectivity index (χ4n) is 1.64. The van der Waals surface area contributed by atoms with Crippen molar-refractivity contribution in [2.75, 3.05) is 18.6 Å². The van der Waals surface area contributed by atoms with Crippen molar-refractivity contribution in [2.45, 2.75) is 19.8 Å². The Hall–Kier alpha value is -0.910. The van der Waals surface area contributed by atoms with Crippen LogP contribution in [0.1, 0.15) is 19.8 Å². The first-order valence-electron chi connectivity index (χ1n) is 4.64. The molecule has 1 rings (SSSR count). The number of esters is 1. The van der Waals surface area contributed by atoms with Crippen molar-refractivity contribution in [1.82, 2.24) is 0 Å². The largest absolute Gasteiger partial charge is 0.465 e. The molecule has 0 spiro atoms. The molecule has 6 heteroatoms. The lowest BCUT2D eigenvalue weighted by atomic mass is 9.80.